The van der Waals surface area contributed by atoms with E-state index in [-0.39, 0.29) is 24.7 Å². The van der Waals surface area contributed by atoms with Gasteiger partial charge in [-0.2, -0.15) is 0 Å². The van der Waals surface area contributed by atoms with E-state index in [9.17, 15) is 9.18 Å². The van der Waals surface area contributed by atoms with Crippen molar-refractivity contribution in [3.63, 3.8) is 0 Å². The number of amides is 1. The number of fused-ring (bicyclic) bond motifs is 1. The van der Waals surface area contributed by atoms with E-state index in [0.717, 1.165) is 22.1 Å². The molecule has 0 atom stereocenters. The summed E-state index contributed by atoms with van der Waals surface area (Å²) in [6.45, 7) is 4.06. The van der Waals surface area contributed by atoms with Gasteiger partial charge in [-0.05, 0) is 43.2 Å². The normalized spacial score (nSPS) is 11.1. The predicted molar refractivity (Wildman–Crippen MR) is 105 cm³/mol. The molecule has 0 saturated heterocycles. The van der Waals surface area contributed by atoms with Crippen LogP contribution in [0.2, 0.25) is 0 Å². The summed E-state index contributed by atoms with van der Waals surface area (Å²) >= 11 is 0. The molecule has 0 saturated carbocycles. The standard InChI is InChI=1S/C22H20FN3O2/c1-14-3-5-18-17(13-28-21(18)9-14)11-22(27)25-12-16-4-6-20(19(23)10-16)26-8-7-24-15(26)2/h3-10,13H,11-12H2,1-2H3,(H,25,27). The maximum atomic E-state index is 14.5. The van der Waals surface area contributed by atoms with E-state index in [4.69, 9.17) is 4.42 Å². The number of rotatable bonds is 5. The van der Waals surface area contributed by atoms with Crippen LogP contribution in [0, 0.1) is 19.7 Å². The first-order valence-corrected chi connectivity index (χ1v) is 9.03. The van der Waals surface area contributed by atoms with Gasteiger partial charge in [-0.25, -0.2) is 9.37 Å². The Labute approximate surface area is 161 Å². The third-order valence-corrected chi connectivity index (χ3v) is 4.75. The van der Waals surface area contributed by atoms with E-state index in [0.29, 0.717) is 17.1 Å². The molecule has 2 aromatic heterocycles. The topological polar surface area (TPSA) is 60.1 Å². The molecule has 0 unspecified atom stereocenters. The highest BCUT2D eigenvalue weighted by atomic mass is 19.1. The van der Waals surface area contributed by atoms with Crippen LogP contribution in [-0.4, -0.2) is 15.5 Å². The lowest BCUT2D eigenvalue weighted by Crippen LogP contribution is -2.24. The number of aromatic nitrogens is 2. The summed E-state index contributed by atoms with van der Waals surface area (Å²) in [7, 11) is 0. The van der Waals surface area contributed by atoms with Crippen LogP contribution >= 0.6 is 0 Å². The number of hydrogen-bond acceptors (Lipinski definition) is 3. The lowest BCUT2D eigenvalue weighted by Gasteiger charge is -2.09. The summed E-state index contributed by atoms with van der Waals surface area (Å²) in [5.41, 5.74) is 3.85. The summed E-state index contributed by atoms with van der Waals surface area (Å²) in [5, 5.41) is 3.78. The minimum Gasteiger partial charge on any atom is -0.464 e. The van der Waals surface area contributed by atoms with Crippen molar-refractivity contribution in [1.29, 1.82) is 0 Å². The summed E-state index contributed by atoms with van der Waals surface area (Å²) < 4.78 is 21.7. The van der Waals surface area contributed by atoms with Crippen molar-refractivity contribution in [3.8, 4) is 5.69 Å². The van der Waals surface area contributed by atoms with E-state index < -0.39 is 0 Å². The average Bonchev–Trinajstić information content (AvgIpc) is 3.26. The zero-order valence-corrected chi connectivity index (χ0v) is 15.7. The summed E-state index contributed by atoms with van der Waals surface area (Å²) in [5.74, 6) is 0.213. The molecule has 4 rings (SSSR count). The fraction of sp³-hybridized carbons (Fsp3) is 0.182. The molecule has 0 fully saturated rings. The number of aryl methyl sites for hydroxylation is 2. The zero-order valence-electron chi connectivity index (χ0n) is 15.7. The van der Waals surface area contributed by atoms with Crippen LogP contribution in [0.4, 0.5) is 4.39 Å². The van der Waals surface area contributed by atoms with Crippen LogP contribution in [0.3, 0.4) is 0 Å². The number of nitrogens with one attached hydrogen (secondary N) is 1. The number of halogens is 1. The van der Waals surface area contributed by atoms with Gasteiger partial charge in [0.25, 0.3) is 0 Å². The number of carbonyl (C=O) groups is 1. The number of benzene rings is 2. The molecular weight excluding hydrogens is 357 g/mol. The molecule has 0 bridgehead atoms. The molecule has 0 aliphatic heterocycles. The molecule has 142 valence electrons. The Hall–Kier alpha value is -3.41. The van der Waals surface area contributed by atoms with Gasteiger partial charge in [-0.15, -0.1) is 0 Å². The first kappa shape index (κ1) is 18.0. The van der Waals surface area contributed by atoms with Crippen molar-refractivity contribution in [1.82, 2.24) is 14.9 Å². The Morgan fingerprint density at radius 2 is 2.07 bits per heavy atom. The molecule has 4 aromatic rings. The van der Waals surface area contributed by atoms with E-state index in [1.165, 1.54) is 6.07 Å². The van der Waals surface area contributed by atoms with Crippen molar-refractivity contribution in [2.24, 2.45) is 0 Å². The molecule has 5 nitrogen and oxygen atoms in total. The van der Waals surface area contributed by atoms with Crippen molar-refractivity contribution < 1.29 is 13.6 Å². The van der Waals surface area contributed by atoms with Crippen LogP contribution in [0.5, 0.6) is 0 Å². The quantitative estimate of drug-likeness (QED) is 0.566. The van der Waals surface area contributed by atoms with Gasteiger partial charge in [-0.3, -0.25) is 4.79 Å². The third kappa shape index (κ3) is 3.53. The Kier molecular flexibility index (Phi) is 4.69. The molecule has 2 heterocycles. The van der Waals surface area contributed by atoms with E-state index in [1.807, 2.05) is 32.0 Å². The average molecular weight is 377 g/mol. The molecule has 1 amide bonds. The number of hydrogen-bond donors (Lipinski definition) is 1. The fourth-order valence-electron chi connectivity index (χ4n) is 3.25. The van der Waals surface area contributed by atoms with Gasteiger partial charge in [0, 0.05) is 29.9 Å². The second-order valence-corrected chi connectivity index (χ2v) is 6.84. The van der Waals surface area contributed by atoms with Crippen LogP contribution < -0.4 is 5.32 Å². The van der Waals surface area contributed by atoms with Crippen LogP contribution in [0.1, 0.15) is 22.5 Å². The molecule has 28 heavy (non-hydrogen) atoms. The number of nitrogens with zero attached hydrogens (tertiary/aromatic N) is 2. The first-order valence-electron chi connectivity index (χ1n) is 9.03. The zero-order chi connectivity index (χ0) is 19.7. The van der Waals surface area contributed by atoms with Crippen molar-refractivity contribution in [2.75, 3.05) is 0 Å². The van der Waals surface area contributed by atoms with Crippen molar-refractivity contribution in [2.45, 2.75) is 26.8 Å². The van der Waals surface area contributed by atoms with Crippen molar-refractivity contribution >= 4 is 16.9 Å². The van der Waals surface area contributed by atoms with E-state index in [1.54, 1.807) is 35.4 Å². The number of furan rings is 1. The molecular formula is C22H20FN3O2. The highest BCUT2D eigenvalue weighted by molar-refractivity contribution is 5.87. The SMILES string of the molecule is Cc1ccc2c(CC(=O)NCc3ccc(-n4ccnc4C)c(F)c3)coc2c1. The fourth-order valence-corrected chi connectivity index (χ4v) is 3.25. The summed E-state index contributed by atoms with van der Waals surface area (Å²) in [6.07, 6.45) is 5.17. The van der Waals surface area contributed by atoms with Gasteiger partial charge in [0.2, 0.25) is 5.91 Å². The van der Waals surface area contributed by atoms with Gasteiger partial charge in [-0.1, -0.05) is 18.2 Å². The van der Waals surface area contributed by atoms with Crippen LogP contribution in [-0.2, 0) is 17.8 Å². The van der Waals surface area contributed by atoms with Crippen LogP contribution in [0.25, 0.3) is 16.7 Å². The molecule has 6 heteroatoms. The van der Waals surface area contributed by atoms with Crippen molar-refractivity contribution in [3.05, 3.63) is 83.4 Å². The Morgan fingerprint density at radius 3 is 2.82 bits per heavy atom. The predicted octanol–water partition coefficient (Wildman–Crippen LogP) is 4.23. The maximum absolute atomic E-state index is 14.5. The largest absolute Gasteiger partial charge is 0.464 e. The van der Waals surface area contributed by atoms with Gasteiger partial charge in [0.05, 0.1) is 18.4 Å². The van der Waals surface area contributed by atoms with Gasteiger partial charge in [0.1, 0.15) is 17.2 Å². The highest BCUT2D eigenvalue weighted by Crippen LogP contribution is 2.23. The Bertz CT molecular complexity index is 1160. The summed E-state index contributed by atoms with van der Waals surface area (Å²) in [4.78, 5) is 16.4. The van der Waals surface area contributed by atoms with E-state index >= 15 is 0 Å². The Balaban J connectivity index is 1.42. The second-order valence-electron chi connectivity index (χ2n) is 6.84. The maximum Gasteiger partial charge on any atom is 0.224 e. The third-order valence-electron chi connectivity index (χ3n) is 4.75. The monoisotopic (exact) mass is 377 g/mol. The van der Waals surface area contributed by atoms with Gasteiger partial charge in [0.15, 0.2) is 0 Å². The number of carbonyl (C=O) groups excluding carboxylic acids is 1. The highest BCUT2D eigenvalue weighted by Gasteiger charge is 2.12. The van der Waals surface area contributed by atoms with E-state index in [2.05, 4.69) is 10.3 Å². The molecule has 0 radical (unpaired) electrons. The first-order chi connectivity index (χ1) is 13.5. The lowest BCUT2D eigenvalue weighted by atomic mass is 10.1. The second kappa shape index (κ2) is 7.31. The van der Waals surface area contributed by atoms with Gasteiger partial charge < -0.3 is 14.3 Å². The van der Waals surface area contributed by atoms with Gasteiger partial charge >= 0.3 is 0 Å². The minimum atomic E-state index is -0.357. The molecule has 1 N–H and O–H groups in total. The number of imidazole rings is 1. The minimum absolute atomic E-state index is 0.141. The van der Waals surface area contributed by atoms with Crippen LogP contribution in [0.15, 0.2) is 59.5 Å². The smallest absolute Gasteiger partial charge is 0.224 e. The molecule has 0 aliphatic rings. The lowest BCUT2D eigenvalue weighted by molar-refractivity contribution is -0.120. The molecule has 2 aromatic carbocycles. The summed E-state index contributed by atoms with van der Waals surface area (Å²) in [6, 6.07) is 10.8. The molecule has 0 spiro atoms. The molecule has 0 aliphatic carbocycles. The Morgan fingerprint density at radius 1 is 1.21 bits per heavy atom.